The molecule has 1 saturated heterocycles. The van der Waals surface area contributed by atoms with Crippen LogP contribution in [0.2, 0.25) is 0 Å². The topological polar surface area (TPSA) is 67.2 Å². The number of aromatic nitrogens is 4. The Kier molecular flexibility index (Phi) is 5.61. The first-order valence-electron chi connectivity index (χ1n) is 10.7. The molecule has 32 heavy (non-hydrogen) atoms. The largest absolute Gasteiger partial charge is 0.355 e. The highest BCUT2D eigenvalue weighted by Crippen LogP contribution is 2.26. The Morgan fingerprint density at radius 1 is 0.875 bits per heavy atom. The van der Waals surface area contributed by atoms with Crippen molar-refractivity contribution in [2.45, 2.75) is 13.1 Å². The van der Waals surface area contributed by atoms with Gasteiger partial charge in [0.05, 0.1) is 5.92 Å². The second-order valence-electron chi connectivity index (χ2n) is 7.95. The summed E-state index contributed by atoms with van der Waals surface area (Å²) in [6, 6.07) is 24.1. The maximum absolute atomic E-state index is 13.4. The van der Waals surface area contributed by atoms with E-state index in [1.807, 2.05) is 59.6 Å². The van der Waals surface area contributed by atoms with Gasteiger partial charge in [-0.3, -0.25) is 4.79 Å². The van der Waals surface area contributed by atoms with Crippen LogP contribution in [0.5, 0.6) is 0 Å². The van der Waals surface area contributed by atoms with E-state index in [2.05, 4.69) is 44.2 Å². The van der Waals surface area contributed by atoms with Crippen molar-refractivity contribution in [3.63, 3.8) is 0 Å². The van der Waals surface area contributed by atoms with E-state index in [4.69, 9.17) is 0 Å². The molecule has 0 aliphatic carbocycles. The van der Waals surface area contributed by atoms with E-state index in [0.717, 1.165) is 16.9 Å². The Bertz CT molecular complexity index is 1120. The SMILES string of the molecule is O=C(C1CN(c2cc(-n3cccn3)ncn2)C1)N(Cc1ccccc1)Cc1ccccc1. The van der Waals surface area contributed by atoms with E-state index in [1.165, 1.54) is 0 Å². The summed E-state index contributed by atoms with van der Waals surface area (Å²) >= 11 is 0. The quantitative estimate of drug-likeness (QED) is 0.455. The lowest BCUT2D eigenvalue weighted by molar-refractivity contribution is -0.137. The number of benzene rings is 2. The van der Waals surface area contributed by atoms with Gasteiger partial charge >= 0.3 is 0 Å². The number of hydrogen-bond donors (Lipinski definition) is 0. The molecular formula is C25H24N6O. The molecule has 0 saturated carbocycles. The molecule has 4 aromatic rings. The first-order valence-corrected chi connectivity index (χ1v) is 10.7. The number of amides is 1. The fraction of sp³-hybridized carbons (Fsp3) is 0.200. The van der Waals surface area contributed by atoms with Crippen molar-refractivity contribution in [2.75, 3.05) is 18.0 Å². The molecule has 1 fully saturated rings. The van der Waals surface area contributed by atoms with E-state index < -0.39 is 0 Å². The Morgan fingerprint density at radius 2 is 1.50 bits per heavy atom. The second kappa shape index (κ2) is 9.01. The summed E-state index contributed by atoms with van der Waals surface area (Å²) in [6.07, 6.45) is 5.10. The molecule has 7 heteroatoms. The van der Waals surface area contributed by atoms with Gasteiger partial charge in [-0.25, -0.2) is 14.6 Å². The predicted molar refractivity (Wildman–Crippen MR) is 122 cm³/mol. The van der Waals surface area contributed by atoms with Crippen molar-refractivity contribution in [1.82, 2.24) is 24.6 Å². The van der Waals surface area contributed by atoms with Gasteiger partial charge < -0.3 is 9.80 Å². The highest BCUT2D eigenvalue weighted by molar-refractivity contribution is 5.82. The third kappa shape index (κ3) is 4.37. The third-order valence-electron chi connectivity index (χ3n) is 5.68. The van der Waals surface area contributed by atoms with Gasteiger partial charge in [0.2, 0.25) is 5.91 Å². The molecule has 160 valence electrons. The molecule has 5 rings (SSSR count). The van der Waals surface area contributed by atoms with Crippen molar-refractivity contribution in [2.24, 2.45) is 5.92 Å². The van der Waals surface area contributed by atoms with Crippen molar-refractivity contribution in [3.05, 3.63) is 103 Å². The van der Waals surface area contributed by atoms with E-state index in [-0.39, 0.29) is 11.8 Å². The average Bonchev–Trinajstić information content (AvgIpc) is 3.34. The second-order valence-corrected chi connectivity index (χ2v) is 7.95. The van der Waals surface area contributed by atoms with Crippen LogP contribution in [0.1, 0.15) is 11.1 Å². The van der Waals surface area contributed by atoms with Gasteiger partial charge in [0, 0.05) is 44.6 Å². The number of carbonyl (C=O) groups excluding carboxylic acids is 1. The fourth-order valence-electron chi connectivity index (χ4n) is 3.94. The number of rotatable bonds is 7. The molecule has 0 unspecified atom stereocenters. The van der Waals surface area contributed by atoms with Crippen LogP contribution in [0.25, 0.3) is 5.82 Å². The summed E-state index contributed by atoms with van der Waals surface area (Å²) in [6.45, 7) is 2.49. The fourth-order valence-corrected chi connectivity index (χ4v) is 3.94. The molecule has 1 aliphatic rings. The molecule has 3 heterocycles. The lowest BCUT2D eigenvalue weighted by Gasteiger charge is -2.41. The van der Waals surface area contributed by atoms with Crippen molar-refractivity contribution >= 4 is 11.7 Å². The van der Waals surface area contributed by atoms with Crippen LogP contribution in [0.3, 0.4) is 0 Å². The van der Waals surface area contributed by atoms with Gasteiger partial charge in [0.1, 0.15) is 12.1 Å². The van der Waals surface area contributed by atoms with Crippen LogP contribution >= 0.6 is 0 Å². The average molecular weight is 425 g/mol. The molecule has 2 aromatic heterocycles. The lowest BCUT2D eigenvalue weighted by Crippen LogP contribution is -2.54. The van der Waals surface area contributed by atoms with E-state index in [1.54, 1.807) is 17.2 Å². The lowest BCUT2D eigenvalue weighted by atomic mass is 9.97. The van der Waals surface area contributed by atoms with Gasteiger partial charge in [0.15, 0.2) is 5.82 Å². The first kappa shape index (κ1) is 19.9. The highest BCUT2D eigenvalue weighted by atomic mass is 16.2. The van der Waals surface area contributed by atoms with Crippen LogP contribution in [-0.2, 0) is 17.9 Å². The Morgan fingerprint density at radius 3 is 2.09 bits per heavy atom. The number of nitrogens with zero attached hydrogens (tertiary/aromatic N) is 6. The van der Waals surface area contributed by atoms with Gasteiger partial charge in [-0.05, 0) is 17.2 Å². The number of hydrogen-bond acceptors (Lipinski definition) is 5. The normalized spacial score (nSPS) is 13.6. The molecule has 0 bridgehead atoms. The molecule has 0 N–H and O–H groups in total. The molecule has 1 aliphatic heterocycles. The zero-order valence-electron chi connectivity index (χ0n) is 17.7. The summed E-state index contributed by atoms with van der Waals surface area (Å²) in [5.41, 5.74) is 2.26. The first-order chi connectivity index (χ1) is 15.8. The molecule has 0 radical (unpaired) electrons. The molecule has 7 nitrogen and oxygen atoms in total. The minimum absolute atomic E-state index is 0.0504. The Hall–Kier alpha value is -4.00. The zero-order chi connectivity index (χ0) is 21.8. The van der Waals surface area contributed by atoms with E-state index >= 15 is 0 Å². The monoisotopic (exact) mass is 424 g/mol. The summed E-state index contributed by atoms with van der Waals surface area (Å²) < 4.78 is 1.70. The van der Waals surface area contributed by atoms with Crippen LogP contribution in [-0.4, -0.2) is 43.6 Å². The van der Waals surface area contributed by atoms with Crippen LogP contribution < -0.4 is 4.90 Å². The summed E-state index contributed by atoms with van der Waals surface area (Å²) in [5, 5.41) is 4.22. The van der Waals surface area contributed by atoms with Gasteiger partial charge in [-0.15, -0.1) is 0 Å². The number of anilines is 1. The minimum atomic E-state index is -0.0504. The van der Waals surface area contributed by atoms with Gasteiger partial charge in [0.25, 0.3) is 0 Å². The molecule has 0 atom stereocenters. The van der Waals surface area contributed by atoms with Crippen molar-refractivity contribution in [3.8, 4) is 5.82 Å². The van der Waals surface area contributed by atoms with E-state index in [0.29, 0.717) is 32.0 Å². The molecular weight excluding hydrogens is 400 g/mol. The summed E-state index contributed by atoms with van der Waals surface area (Å²) in [5.74, 6) is 1.65. The van der Waals surface area contributed by atoms with Crippen molar-refractivity contribution in [1.29, 1.82) is 0 Å². The third-order valence-corrected chi connectivity index (χ3v) is 5.68. The van der Waals surface area contributed by atoms with Gasteiger partial charge in [-0.2, -0.15) is 5.10 Å². The van der Waals surface area contributed by atoms with Crippen LogP contribution in [0.4, 0.5) is 5.82 Å². The van der Waals surface area contributed by atoms with Crippen LogP contribution in [0.15, 0.2) is 91.5 Å². The summed E-state index contributed by atoms with van der Waals surface area (Å²) in [7, 11) is 0. The molecule has 0 spiro atoms. The molecule has 1 amide bonds. The maximum Gasteiger partial charge on any atom is 0.229 e. The Balaban J connectivity index is 1.28. The molecule has 2 aromatic carbocycles. The van der Waals surface area contributed by atoms with E-state index in [9.17, 15) is 4.79 Å². The van der Waals surface area contributed by atoms with Crippen molar-refractivity contribution < 1.29 is 4.79 Å². The minimum Gasteiger partial charge on any atom is -0.355 e. The predicted octanol–water partition coefficient (Wildman–Crippen LogP) is 3.33. The van der Waals surface area contributed by atoms with Crippen LogP contribution in [0, 0.1) is 5.92 Å². The summed E-state index contributed by atoms with van der Waals surface area (Å²) in [4.78, 5) is 26.2. The van der Waals surface area contributed by atoms with Gasteiger partial charge in [-0.1, -0.05) is 60.7 Å². The zero-order valence-corrected chi connectivity index (χ0v) is 17.7. The standard InChI is InChI=1S/C25H24N6O/c32-25(30(15-20-8-3-1-4-9-20)16-21-10-5-2-6-11-21)22-17-29(18-22)23-14-24(27-19-26-23)31-13-7-12-28-31/h1-14,19,22H,15-18H2. The highest BCUT2D eigenvalue weighted by Gasteiger charge is 2.36. The smallest absolute Gasteiger partial charge is 0.229 e. The number of carbonyl (C=O) groups is 1. The Labute approximate surface area is 187 Å². The maximum atomic E-state index is 13.4.